The first-order chi connectivity index (χ1) is 7.52. The number of amides is 1. The third-order valence-corrected chi connectivity index (χ3v) is 2.04. The molecule has 0 aliphatic rings. The zero-order chi connectivity index (χ0) is 12.3. The fourth-order valence-corrected chi connectivity index (χ4v) is 1.15. The summed E-state index contributed by atoms with van der Waals surface area (Å²) in [4.78, 5) is 16.3. The number of hydroxylamine groups is 2. The van der Waals surface area contributed by atoms with Crippen LogP contribution in [0.15, 0.2) is 12.1 Å². The molecule has 0 aliphatic carbocycles. The maximum absolute atomic E-state index is 13.3. The molecule has 0 radical (unpaired) electrons. The lowest BCUT2D eigenvalue weighted by atomic mass is 10.1. The van der Waals surface area contributed by atoms with Gasteiger partial charge in [-0.25, -0.2) is 9.45 Å². The fraction of sp³-hybridized carbons (Fsp3) is 0.300. The molecular weight excluding hydrogens is 220 g/mol. The third-order valence-electron chi connectivity index (χ3n) is 2.04. The fourth-order valence-electron chi connectivity index (χ4n) is 1.15. The minimum absolute atomic E-state index is 0.106. The molecule has 0 spiro atoms. The van der Waals surface area contributed by atoms with Gasteiger partial charge in [0.2, 0.25) is 5.82 Å². The van der Waals surface area contributed by atoms with Crippen molar-refractivity contribution < 1.29 is 23.1 Å². The first kappa shape index (κ1) is 12.4. The summed E-state index contributed by atoms with van der Waals surface area (Å²) in [6.07, 6.45) is 0. The zero-order valence-corrected chi connectivity index (χ0v) is 9.08. The Morgan fingerprint density at radius 1 is 1.31 bits per heavy atom. The van der Waals surface area contributed by atoms with Crippen molar-refractivity contribution in [2.45, 2.75) is 0 Å². The largest absolute Gasteiger partial charge is 0.493 e. The van der Waals surface area contributed by atoms with Crippen molar-refractivity contribution in [2.24, 2.45) is 0 Å². The van der Waals surface area contributed by atoms with Crippen LogP contribution in [-0.2, 0) is 4.84 Å². The van der Waals surface area contributed by atoms with Gasteiger partial charge < -0.3 is 4.74 Å². The highest BCUT2D eigenvalue weighted by atomic mass is 19.2. The number of ether oxygens (including phenoxy) is 1. The van der Waals surface area contributed by atoms with Gasteiger partial charge in [0.25, 0.3) is 5.91 Å². The SMILES string of the molecule is COc1c(C(=O)N(C)OC)ccc(F)c1F. The second kappa shape index (κ2) is 4.89. The number of nitrogens with zero attached hydrogens (tertiary/aromatic N) is 1. The molecule has 1 aromatic carbocycles. The van der Waals surface area contributed by atoms with E-state index in [0.29, 0.717) is 0 Å². The molecule has 0 aliphatic heterocycles. The molecular formula is C10H11F2NO3. The summed E-state index contributed by atoms with van der Waals surface area (Å²) in [6, 6.07) is 1.99. The molecule has 0 N–H and O–H groups in total. The van der Waals surface area contributed by atoms with Gasteiger partial charge in [0.05, 0.1) is 19.8 Å². The van der Waals surface area contributed by atoms with Gasteiger partial charge in [0.1, 0.15) is 0 Å². The van der Waals surface area contributed by atoms with Gasteiger partial charge in [-0.1, -0.05) is 0 Å². The number of rotatable bonds is 3. The molecule has 16 heavy (non-hydrogen) atoms. The number of carbonyl (C=O) groups is 1. The summed E-state index contributed by atoms with van der Waals surface area (Å²) in [6.45, 7) is 0. The average Bonchev–Trinajstić information content (AvgIpc) is 2.30. The van der Waals surface area contributed by atoms with Crippen molar-refractivity contribution >= 4 is 5.91 Å². The molecule has 0 bridgehead atoms. The van der Waals surface area contributed by atoms with Crippen molar-refractivity contribution in [3.8, 4) is 5.75 Å². The highest BCUT2D eigenvalue weighted by Gasteiger charge is 2.21. The van der Waals surface area contributed by atoms with E-state index >= 15 is 0 Å². The molecule has 1 aromatic rings. The van der Waals surface area contributed by atoms with Crippen molar-refractivity contribution in [2.75, 3.05) is 21.3 Å². The van der Waals surface area contributed by atoms with Crippen LogP contribution in [0.25, 0.3) is 0 Å². The summed E-state index contributed by atoms with van der Waals surface area (Å²) in [5.41, 5.74) is -0.106. The molecule has 1 amide bonds. The van der Waals surface area contributed by atoms with E-state index in [9.17, 15) is 13.6 Å². The van der Waals surface area contributed by atoms with Crippen LogP contribution in [0, 0.1) is 11.6 Å². The van der Waals surface area contributed by atoms with E-state index in [0.717, 1.165) is 24.3 Å². The van der Waals surface area contributed by atoms with Crippen molar-refractivity contribution in [1.82, 2.24) is 5.06 Å². The van der Waals surface area contributed by atoms with Gasteiger partial charge in [-0.05, 0) is 12.1 Å². The second-order valence-corrected chi connectivity index (χ2v) is 2.93. The smallest absolute Gasteiger partial charge is 0.281 e. The molecule has 0 fully saturated rings. The first-order valence-electron chi connectivity index (χ1n) is 4.37. The lowest BCUT2D eigenvalue weighted by Gasteiger charge is -2.15. The monoisotopic (exact) mass is 231 g/mol. The maximum Gasteiger partial charge on any atom is 0.281 e. The van der Waals surface area contributed by atoms with E-state index in [-0.39, 0.29) is 5.56 Å². The lowest BCUT2D eigenvalue weighted by Crippen LogP contribution is -2.26. The molecule has 0 aromatic heterocycles. The van der Waals surface area contributed by atoms with Crippen molar-refractivity contribution in [3.63, 3.8) is 0 Å². The highest BCUT2D eigenvalue weighted by Crippen LogP contribution is 2.25. The Kier molecular flexibility index (Phi) is 3.78. The topological polar surface area (TPSA) is 38.8 Å². The summed E-state index contributed by atoms with van der Waals surface area (Å²) in [5.74, 6) is -3.33. The minimum atomic E-state index is -1.20. The van der Waals surface area contributed by atoms with Gasteiger partial charge in [0, 0.05) is 7.05 Å². The van der Waals surface area contributed by atoms with Crippen molar-refractivity contribution in [1.29, 1.82) is 0 Å². The van der Waals surface area contributed by atoms with Crippen LogP contribution in [0.1, 0.15) is 10.4 Å². The number of halogens is 2. The van der Waals surface area contributed by atoms with Gasteiger partial charge in [-0.2, -0.15) is 4.39 Å². The van der Waals surface area contributed by atoms with Gasteiger partial charge in [-0.15, -0.1) is 0 Å². The summed E-state index contributed by atoms with van der Waals surface area (Å²) >= 11 is 0. The van der Waals surface area contributed by atoms with Gasteiger partial charge >= 0.3 is 0 Å². The molecule has 6 heteroatoms. The van der Waals surface area contributed by atoms with Crippen LogP contribution < -0.4 is 4.74 Å². The standard InChI is InChI=1S/C10H11F2NO3/c1-13(16-3)10(14)6-4-5-7(11)8(12)9(6)15-2/h4-5H,1-3H3. The van der Waals surface area contributed by atoms with Crippen LogP contribution in [0.2, 0.25) is 0 Å². The predicted octanol–water partition coefficient (Wildman–Crippen LogP) is 1.61. The summed E-state index contributed by atoms with van der Waals surface area (Å²) in [7, 11) is 3.79. The first-order valence-corrected chi connectivity index (χ1v) is 4.37. The Bertz CT molecular complexity index is 409. The van der Waals surface area contributed by atoms with E-state index in [1.807, 2.05) is 0 Å². The van der Waals surface area contributed by atoms with E-state index < -0.39 is 23.3 Å². The molecule has 0 saturated heterocycles. The predicted molar refractivity (Wildman–Crippen MR) is 52.0 cm³/mol. The molecule has 0 atom stereocenters. The Labute approximate surface area is 91.3 Å². The Morgan fingerprint density at radius 2 is 1.94 bits per heavy atom. The number of hydrogen-bond donors (Lipinski definition) is 0. The molecule has 0 saturated carbocycles. The van der Waals surface area contributed by atoms with Crippen LogP contribution in [-0.4, -0.2) is 32.2 Å². The van der Waals surface area contributed by atoms with Crippen LogP contribution in [0.4, 0.5) is 8.78 Å². The average molecular weight is 231 g/mol. The van der Waals surface area contributed by atoms with Crippen LogP contribution in [0.5, 0.6) is 5.75 Å². The third kappa shape index (κ3) is 2.11. The Hall–Kier alpha value is -1.69. The second-order valence-electron chi connectivity index (χ2n) is 2.93. The molecule has 4 nitrogen and oxygen atoms in total. The minimum Gasteiger partial charge on any atom is -0.493 e. The van der Waals surface area contributed by atoms with E-state index in [1.54, 1.807) is 0 Å². The van der Waals surface area contributed by atoms with E-state index in [4.69, 9.17) is 0 Å². The number of hydrogen-bond acceptors (Lipinski definition) is 3. The number of carbonyl (C=O) groups excluding carboxylic acids is 1. The lowest BCUT2D eigenvalue weighted by molar-refractivity contribution is -0.0758. The summed E-state index contributed by atoms with van der Waals surface area (Å²) in [5, 5.41) is 0.884. The van der Waals surface area contributed by atoms with Crippen molar-refractivity contribution in [3.05, 3.63) is 29.3 Å². The number of methoxy groups -OCH3 is 1. The van der Waals surface area contributed by atoms with Gasteiger partial charge in [-0.3, -0.25) is 9.63 Å². The quantitative estimate of drug-likeness (QED) is 0.742. The molecule has 1 rings (SSSR count). The molecule has 88 valence electrons. The molecule has 0 unspecified atom stereocenters. The van der Waals surface area contributed by atoms with Crippen LogP contribution in [0.3, 0.4) is 0 Å². The van der Waals surface area contributed by atoms with E-state index in [1.165, 1.54) is 14.2 Å². The van der Waals surface area contributed by atoms with E-state index in [2.05, 4.69) is 9.57 Å². The zero-order valence-electron chi connectivity index (χ0n) is 9.08. The molecule has 0 heterocycles. The highest BCUT2D eigenvalue weighted by molar-refractivity contribution is 5.96. The number of benzene rings is 1. The normalized spacial score (nSPS) is 10.1. The Balaban J connectivity index is 3.24. The summed E-state index contributed by atoms with van der Waals surface area (Å²) < 4.78 is 30.8. The van der Waals surface area contributed by atoms with Crippen LogP contribution >= 0.6 is 0 Å². The maximum atomic E-state index is 13.3. The Morgan fingerprint density at radius 3 is 2.44 bits per heavy atom. The van der Waals surface area contributed by atoms with Gasteiger partial charge in [0.15, 0.2) is 11.6 Å².